The van der Waals surface area contributed by atoms with Crippen molar-refractivity contribution in [2.75, 3.05) is 0 Å². The molecule has 0 N–H and O–H groups in total. The van der Waals surface area contributed by atoms with Crippen molar-refractivity contribution >= 4 is 38.5 Å². The van der Waals surface area contributed by atoms with Crippen LogP contribution >= 0.6 is 0 Å². The summed E-state index contributed by atoms with van der Waals surface area (Å²) < 4.78 is 0. The van der Waals surface area contributed by atoms with Gasteiger partial charge in [0.25, 0.3) is 0 Å². The smallest absolute Gasteiger partial charge is 0.0473 e. The predicted molar refractivity (Wildman–Crippen MR) is 211 cm³/mol. The lowest BCUT2D eigenvalue weighted by Gasteiger charge is -2.29. The lowest BCUT2D eigenvalue weighted by molar-refractivity contribution is 0.468. The van der Waals surface area contributed by atoms with Crippen LogP contribution in [0.5, 0.6) is 0 Å². The maximum atomic E-state index is 4.73. The Morgan fingerprint density at radius 3 is 1.90 bits per heavy atom. The van der Waals surface area contributed by atoms with Crippen LogP contribution < -0.4 is 0 Å². The lowest BCUT2D eigenvalue weighted by Crippen LogP contribution is -2.21. The summed E-state index contributed by atoms with van der Waals surface area (Å²) in [6.45, 7) is 4.52. The summed E-state index contributed by atoms with van der Waals surface area (Å²) >= 11 is 0. The molecule has 0 fully saturated rings. The molecule has 1 aromatic heterocycles. The van der Waals surface area contributed by atoms with Gasteiger partial charge in [0.2, 0.25) is 0 Å². The summed E-state index contributed by atoms with van der Waals surface area (Å²) in [6.07, 6.45) is 6.97. The number of hydrogen-bond acceptors (Lipinski definition) is 2. The summed E-state index contributed by atoms with van der Waals surface area (Å²) in [5, 5.41) is 7.23. The minimum atomic E-state index is 0.328. The first-order chi connectivity index (χ1) is 24.6. The Kier molecular flexibility index (Phi) is 7.48. The van der Waals surface area contributed by atoms with Gasteiger partial charge in [-0.05, 0) is 151 Å². The van der Waals surface area contributed by atoms with E-state index in [1.807, 2.05) is 18.5 Å². The van der Waals surface area contributed by atoms with E-state index in [-0.39, 0.29) is 0 Å². The third kappa shape index (κ3) is 5.42. The molecule has 3 unspecified atom stereocenters. The maximum Gasteiger partial charge on any atom is 0.0473 e. The number of aliphatic imine (C=N–C) groups is 1. The average Bonchev–Trinajstić information content (AvgIpc) is 3.19. The van der Waals surface area contributed by atoms with Crippen molar-refractivity contribution in [1.82, 2.24) is 4.98 Å². The van der Waals surface area contributed by atoms with Gasteiger partial charge in [-0.2, -0.15) is 0 Å². The fourth-order valence-corrected chi connectivity index (χ4v) is 7.89. The molecule has 50 heavy (non-hydrogen) atoms. The second kappa shape index (κ2) is 12.4. The zero-order valence-electron chi connectivity index (χ0n) is 28.3. The highest BCUT2D eigenvalue weighted by Crippen LogP contribution is 2.41. The molecule has 0 bridgehead atoms. The van der Waals surface area contributed by atoms with E-state index < -0.39 is 0 Å². The molecule has 0 saturated carbocycles. The maximum absolute atomic E-state index is 4.73. The zero-order chi connectivity index (χ0) is 33.6. The quantitative estimate of drug-likeness (QED) is 0.172. The van der Waals surface area contributed by atoms with Crippen molar-refractivity contribution < 1.29 is 0 Å². The van der Waals surface area contributed by atoms with Crippen LogP contribution in [0.4, 0.5) is 0 Å². The van der Waals surface area contributed by atoms with Crippen molar-refractivity contribution in [3.05, 3.63) is 164 Å². The highest BCUT2D eigenvalue weighted by Gasteiger charge is 2.25. The highest BCUT2D eigenvalue weighted by molar-refractivity contribution is 6.25. The van der Waals surface area contributed by atoms with Crippen molar-refractivity contribution in [1.29, 1.82) is 0 Å². The number of hydrogen-bond donors (Lipinski definition) is 0. The molecule has 238 valence electrons. The number of pyridine rings is 1. The number of aromatic nitrogens is 1. The molecule has 0 radical (unpaired) electrons. The Morgan fingerprint density at radius 2 is 1.12 bits per heavy atom. The van der Waals surface area contributed by atoms with Crippen LogP contribution in [0.1, 0.15) is 31.7 Å². The Morgan fingerprint density at radius 1 is 0.520 bits per heavy atom. The molecule has 3 atom stereocenters. The van der Waals surface area contributed by atoms with Crippen LogP contribution in [0.25, 0.3) is 76.8 Å². The fraction of sp³-hybridized carbons (Fsp3) is 0.125. The lowest BCUT2D eigenvalue weighted by atomic mass is 9.79. The molecule has 8 aromatic rings. The van der Waals surface area contributed by atoms with E-state index in [0.717, 1.165) is 11.8 Å². The SMILES string of the molecule is CC1CC(c2cc(-c3ccncc3)cc(-c3cccc(-c4ccc5c6c#cccc6c6cc(-c7ccccc7)ccc6c5c4)c3)c2)C(C)C=N1. The summed E-state index contributed by atoms with van der Waals surface area (Å²) in [6, 6.07) is 55.9. The molecular formula is C48H36N2. The van der Waals surface area contributed by atoms with Crippen molar-refractivity contribution in [2.24, 2.45) is 10.9 Å². The van der Waals surface area contributed by atoms with Crippen molar-refractivity contribution in [3.63, 3.8) is 0 Å². The highest BCUT2D eigenvalue weighted by atomic mass is 14.8. The molecule has 9 rings (SSSR count). The van der Waals surface area contributed by atoms with Crippen LogP contribution in [0.2, 0.25) is 0 Å². The third-order valence-corrected chi connectivity index (χ3v) is 10.5. The minimum Gasteiger partial charge on any atom is -0.294 e. The minimum absolute atomic E-state index is 0.328. The van der Waals surface area contributed by atoms with Gasteiger partial charge in [-0.1, -0.05) is 104 Å². The zero-order valence-corrected chi connectivity index (χ0v) is 28.3. The van der Waals surface area contributed by atoms with Gasteiger partial charge in [0.15, 0.2) is 0 Å². The molecule has 1 aliphatic rings. The second-order valence-electron chi connectivity index (χ2n) is 13.8. The van der Waals surface area contributed by atoms with E-state index in [0.29, 0.717) is 17.9 Å². The van der Waals surface area contributed by atoms with E-state index in [1.54, 1.807) is 0 Å². The molecule has 0 aliphatic carbocycles. The molecule has 0 saturated heterocycles. The predicted octanol–water partition coefficient (Wildman–Crippen LogP) is 12.4. The Labute approximate surface area is 293 Å². The van der Waals surface area contributed by atoms with Gasteiger partial charge in [0.05, 0.1) is 0 Å². The number of nitrogens with zero attached hydrogens (tertiary/aromatic N) is 2. The summed E-state index contributed by atoms with van der Waals surface area (Å²) in [7, 11) is 0. The molecule has 2 heteroatoms. The molecular weight excluding hydrogens is 605 g/mol. The molecule has 0 amide bonds. The molecule has 2 nitrogen and oxygen atoms in total. The third-order valence-electron chi connectivity index (χ3n) is 10.5. The van der Waals surface area contributed by atoms with E-state index in [9.17, 15) is 0 Å². The fourth-order valence-electron chi connectivity index (χ4n) is 7.89. The number of benzene rings is 6. The topological polar surface area (TPSA) is 25.2 Å². The molecule has 7 aromatic carbocycles. The van der Waals surface area contributed by atoms with Gasteiger partial charge in [-0.15, -0.1) is 0 Å². The van der Waals surface area contributed by atoms with Gasteiger partial charge in [-0.25, -0.2) is 0 Å². The van der Waals surface area contributed by atoms with Crippen molar-refractivity contribution in [2.45, 2.75) is 32.2 Å². The normalized spacial score (nSPS) is 17.3. The van der Waals surface area contributed by atoms with Gasteiger partial charge in [-0.3, -0.25) is 9.98 Å². The monoisotopic (exact) mass is 640 g/mol. The van der Waals surface area contributed by atoms with Gasteiger partial charge < -0.3 is 0 Å². The van der Waals surface area contributed by atoms with Crippen LogP contribution in [0.3, 0.4) is 0 Å². The largest absolute Gasteiger partial charge is 0.294 e. The van der Waals surface area contributed by atoms with Crippen LogP contribution in [0.15, 0.2) is 151 Å². The van der Waals surface area contributed by atoms with Crippen LogP contribution in [0, 0.1) is 18.1 Å². The first kappa shape index (κ1) is 30.1. The summed E-state index contributed by atoms with van der Waals surface area (Å²) in [5.41, 5.74) is 11.1. The van der Waals surface area contributed by atoms with Crippen LogP contribution in [-0.2, 0) is 0 Å². The van der Waals surface area contributed by atoms with E-state index in [1.165, 1.54) is 77.0 Å². The van der Waals surface area contributed by atoms with Gasteiger partial charge in [0, 0.05) is 30.0 Å². The van der Waals surface area contributed by atoms with E-state index >= 15 is 0 Å². The average molecular weight is 641 g/mol. The molecule has 0 spiro atoms. The number of fused-ring (bicyclic) bond motifs is 6. The van der Waals surface area contributed by atoms with E-state index in [2.05, 4.69) is 165 Å². The molecule has 1 aliphatic heterocycles. The van der Waals surface area contributed by atoms with Crippen LogP contribution in [-0.4, -0.2) is 17.2 Å². The van der Waals surface area contributed by atoms with Crippen molar-refractivity contribution in [3.8, 4) is 44.5 Å². The standard InChI is InChI=1S/C48H36N2/c1-31-30-50-32(2)23-46(31)41-26-39(34-19-21-49-22-20-34)25-40(27-41)36-12-8-11-35(24-36)38-16-17-44-42-13-6-7-14-43(42)47-28-37(33-9-4-3-5-10-33)15-18-45(47)48(44)29-38/h3-5,7-12,14-22,24-32,46H,23H2,1-2H3. The second-order valence-corrected chi connectivity index (χ2v) is 13.8. The Hall–Kier alpha value is -6.04. The Balaban J connectivity index is 1.18. The summed E-state index contributed by atoms with van der Waals surface area (Å²) in [4.78, 5) is 9.02. The summed E-state index contributed by atoms with van der Waals surface area (Å²) in [5.74, 6) is 0.812. The Bertz CT molecular complexity index is 2550. The van der Waals surface area contributed by atoms with E-state index in [4.69, 9.17) is 4.99 Å². The first-order valence-corrected chi connectivity index (χ1v) is 17.6. The van der Waals surface area contributed by atoms with Gasteiger partial charge in [0.1, 0.15) is 0 Å². The molecule has 2 heterocycles. The van der Waals surface area contributed by atoms with Gasteiger partial charge >= 0.3 is 0 Å². The first-order valence-electron chi connectivity index (χ1n) is 17.6. The number of rotatable bonds is 5.